The van der Waals surface area contributed by atoms with Crippen LogP contribution in [0.1, 0.15) is 37.1 Å². The number of carbonyl (C=O) groups excluding carboxylic acids is 1. The molecule has 1 N–H and O–H groups in total. The number of piperazine rings is 1. The summed E-state index contributed by atoms with van der Waals surface area (Å²) in [5.74, 6) is 0.316. The first-order chi connectivity index (χ1) is 11.1. The third-order valence-electron chi connectivity index (χ3n) is 5.10. The van der Waals surface area contributed by atoms with Crippen molar-refractivity contribution in [1.82, 2.24) is 20.0 Å². The Morgan fingerprint density at radius 3 is 2.22 bits per heavy atom. The Labute approximate surface area is 138 Å². The fraction of sp³-hybridized carbons (Fsp3) is 0.765. The monoisotopic (exact) mass is 319 g/mol. The molecule has 23 heavy (non-hydrogen) atoms. The normalized spacial score (nSPS) is 20.6. The van der Waals surface area contributed by atoms with E-state index < -0.39 is 0 Å². The molecule has 0 unspecified atom stereocenters. The quantitative estimate of drug-likeness (QED) is 0.918. The van der Waals surface area contributed by atoms with E-state index >= 15 is 0 Å². The van der Waals surface area contributed by atoms with E-state index in [4.69, 9.17) is 0 Å². The molecule has 2 aliphatic rings. The topological polar surface area (TPSA) is 55.5 Å². The van der Waals surface area contributed by atoms with Gasteiger partial charge in [-0.1, -0.05) is 12.8 Å². The minimum Gasteiger partial charge on any atom is -0.366 e. The van der Waals surface area contributed by atoms with Gasteiger partial charge in [0.25, 0.3) is 0 Å². The number of carbonyl (C=O) groups is 1. The molecular weight excluding hydrogens is 290 g/mol. The third kappa shape index (κ3) is 3.86. The SMILES string of the molecule is Cc1n[nH]c(C)c1N1CCN(CC(=O)N2CCCCCC2)CC1. The maximum Gasteiger partial charge on any atom is 0.236 e. The number of hydrogen-bond donors (Lipinski definition) is 1. The van der Waals surface area contributed by atoms with Crippen LogP contribution in [0, 0.1) is 13.8 Å². The molecule has 6 heteroatoms. The molecule has 128 valence electrons. The maximum absolute atomic E-state index is 12.5. The van der Waals surface area contributed by atoms with Crippen molar-refractivity contribution in [2.75, 3.05) is 50.7 Å². The summed E-state index contributed by atoms with van der Waals surface area (Å²) in [5.41, 5.74) is 3.44. The number of hydrogen-bond acceptors (Lipinski definition) is 4. The van der Waals surface area contributed by atoms with E-state index in [2.05, 4.69) is 31.8 Å². The molecule has 0 bridgehead atoms. The fourth-order valence-electron chi connectivity index (χ4n) is 3.75. The molecule has 2 fully saturated rings. The number of nitrogens with zero attached hydrogens (tertiary/aromatic N) is 4. The van der Waals surface area contributed by atoms with Gasteiger partial charge in [0.1, 0.15) is 0 Å². The lowest BCUT2D eigenvalue weighted by Gasteiger charge is -2.36. The molecule has 0 radical (unpaired) electrons. The Morgan fingerprint density at radius 1 is 1.00 bits per heavy atom. The number of likely N-dealkylation sites (tertiary alicyclic amines) is 1. The minimum atomic E-state index is 0.316. The average molecular weight is 319 g/mol. The van der Waals surface area contributed by atoms with Crippen molar-refractivity contribution < 1.29 is 4.79 Å². The van der Waals surface area contributed by atoms with Gasteiger partial charge in [0.05, 0.1) is 23.6 Å². The number of aryl methyl sites for hydroxylation is 2. The molecule has 3 rings (SSSR count). The van der Waals surface area contributed by atoms with E-state index in [1.165, 1.54) is 31.4 Å². The van der Waals surface area contributed by atoms with E-state index in [0.29, 0.717) is 12.5 Å². The lowest BCUT2D eigenvalue weighted by molar-refractivity contribution is -0.132. The lowest BCUT2D eigenvalue weighted by Crippen LogP contribution is -2.50. The number of H-pyrrole nitrogens is 1. The number of aromatic nitrogens is 2. The lowest BCUT2D eigenvalue weighted by atomic mass is 10.2. The van der Waals surface area contributed by atoms with E-state index in [0.717, 1.165) is 50.7 Å². The van der Waals surface area contributed by atoms with Crippen molar-refractivity contribution in [3.8, 4) is 0 Å². The van der Waals surface area contributed by atoms with Gasteiger partial charge in [-0.3, -0.25) is 14.8 Å². The Bertz CT molecular complexity index is 506. The van der Waals surface area contributed by atoms with Crippen molar-refractivity contribution in [1.29, 1.82) is 0 Å². The largest absolute Gasteiger partial charge is 0.366 e. The van der Waals surface area contributed by atoms with Crippen molar-refractivity contribution in [2.24, 2.45) is 0 Å². The van der Waals surface area contributed by atoms with Crippen LogP contribution in [0.5, 0.6) is 0 Å². The highest BCUT2D eigenvalue weighted by Gasteiger charge is 2.24. The van der Waals surface area contributed by atoms with Crippen LogP contribution in [0.25, 0.3) is 0 Å². The molecular formula is C17H29N5O. The van der Waals surface area contributed by atoms with Gasteiger partial charge in [0.15, 0.2) is 0 Å². The zero-order valence-electron chi connectivity index (χ0n) is 14.5. The van der Waals surface area contributed by atoms with Crippen molar-refractivity contribution in [2.45, 2.75) is 39.5 Å². The second-order valence-corrected chi connectivity index (χ2v) is 6.84. The van der Waals surface area contributed by atoms with Crippen molar-refractivity contribution in [3.05, 3.63) is 11.4 Å². The highest BCUT2D eigenvalue weighted by Crippen LogP contribution is 2.23. The van der Waals surface area contributed by atoms with Crippen LogP contribution in [0.3, 0.4) is 0 Å². The van der Waals surface area contributed by atoms with E-state index in [1.54, 1.807) is 0 Å². The van der Waals surface area contributed by atoms with Gasteiger partial charge in [-0.05, 0) is 26.7 Å². The number of anilines is 1. The third-order valence-corrected chi connectivity index (χ3v) is 5.10. The standard InChI is InChI=1S/C17H29N5O/c1-14-17(15(2)19-18-14)22-11-9-20(10-12-22)13-16(23)21-7-5-3-4-6-8-21/h3-13H2,1-2H3,(H,18,19). The Hall–Kier alpha value is -1.56. The molecule has 3 heterocycles. The summed E-state index contributed by atoms with van der Waals surface area (Å²) in [4.78, 5) is 19.3. The van der Waals surface area contributed by atoms with E-state index in [-0.39, 0.29) is 0 Å². The second kappa shape index (κ2) is 7.34. The number of rotatable bonds is 3. The van der Waals surface area contributed by atoms with Crippen LogP contribution in [0.2, 0.25) is 0 Å². The summed E-state index contributed by atoms with van der Waals surface area (Å²) in [6.07, 6.45) is 4.87. The molecule has 2 saturated heterocycles. The summed E-state index contributed by atoms with van der Waals surface area (Å²) in [6.45, 7) is 10.4. The van der Waals surface area contributed by atoms with Gasteiger partial charge in [-0.2, -0.15) is 5.10 Å². The minimum absolute atomic E-state index is 0.316. The Kier molecular flexibility index (Phi) is 5.20. The highest BCUT2D eigenvalue weighted by atomic mass is 16.2. The van der Waals surface area contributed by atoms with Crippen LogP contribution < -0.4 is 4.90 Å². The van der Waals surface area contributed by atoms with Gasteiger partial charge in [-0.25, -0.2) is 0 Å². The predicted octanol–water partition coefficient (Wildman–Crippen LogP) is 1.55. The average Bonchev–Trinajstić information content (AvgIpc) is 2.77. The highest BCUT2D eigenvalue weighted by molar-refractivity contribution is 5.78. The van der Waals surface area contributed by atoms with Crippen molar-refractivity contribution in [3.63, 3.8) is 0 Å². The summed E-state index contributed by atoms with van der Waals surface area (Å²) in [5, 5.41) is 7.35. The smallest absolute Gasteiger partial charge is 0.236 e. The maximum atomic E-state index is 12.5. The van der Waals surface area contributed by atoms with Crippen molar-refractivity contribution >= 4 is 11.6 Å². The summed E-state index contributed by atoms with van der Waals surface area (Å²) < 4.78 is 0. The summed E-state index contributed by atoms with van der Waals surface area (Å²) in [7, 11) is 0. The van der Waals surface area contributed by atoms with Crippen LogP contribution >= 0.6 is 0 Å². The van der Waals surface area contributed by atoms with E-state index in [9.17, 15) is 4.79 Å². The van der Waals surface area contributed by atoms with Gasteiger partial charge < -0.3 is 9.80 Å². The first-order valence-corrected chi connectivity index (χ1v) is 8.92. The van der Waals surface area contributed by atoms with E-state index in [1.807, 2.05) is 6.92 Å². The van der Waals surface area contributed by atoms with Gasteiger partial charge in [-0.15, -0.1) is 0 Å². The summed E-state index contributed by atoms with van der Waals surface area (Å²) in [6, 6.07) is 0. The van der Waals surface area contributed by atoms with Crippen LogP contribution in [0.15, 0.2) is 0 Å². The van der Waals surface area contributed by atoms with Gasteiger partial charge in [0, 0.05) is 39.3 Å². The number of amides is 1. The zero-order chi connectivity index (χ0) is 16.2. The molecule has 0 aromatic carbocycles. The van der Waals surface area contributed by atoms with Gasteiger partial charge >= 0.3 is 0 Å². The molecule has 2 aliphatic heterocycles. The molecule has 1 amide bonds. The van der Waals surface area contributed by atoms with Crippen LogP contribution in [-0.4, -0.2) is 71.7 Å². The van der Waals surface area contributed by atoms with Crippen LogP contribution in [0.4, 0.5) is 5.69 Å². The molecule has 6 nitrogen and oxygen atoms in total. The predicted molar refractivity (Wildman–Crippen MR) is 91.8 cm³/mol. The van der Waals surface area contributed by atoms with Crippen LogP contribution in [-0.2, 0) is 4.79 Å². The Morgan fingerprint density at radius 2 is 1.65 bits per heavy atom. The second-order valence-electron chi connectivity index (χ2n) is 6.84. The zero-order valence-corrected chi connectivity index (χ0v) is 14.5. The summed E-state index contributed by atoms with van der Waals surface area (Å²) >= 11 is 0. The molecule has 1 aromatic heterocycles. The molecule has 0 spiro atoms. The molecule has 0 atom stereocenters. The molecule has 0 aliphatic carbocycles. The van der Waals surface area contributed by atoms with Gasteiger partial charge in [0.2, 0.25) is 5.91 Å². The molecule has 0 saturated carbocycles. The Balaban J connectivity index is 1.50. The fourth-order valence-corrected chi connectivity index (χ4v) is 3.75. The number of aromatic amines is 1. The first kappa shape index (κ1) is 16.3. The first-order valence-electron chi connectivity index (χ1n) is 8.92. The number of nitrogens with one attached hydrogen (secondary N) is 1. The molecule has 1 aromatic rings.